The van der Waals surface area contributed by atoms with Crippen LogP contribution in [-0.4, -0.2) is 49.4 Å². The molecule has 6 nitrogen and oxygen atoms in total. The van der Waals surface area contributed by atoms with E-state index in [1.54, 1.807) is 38.1 Å². The number of carboxylic acid groups (broad SMARTS) is 1. The van der Waals surface area contributed by atoms with Gasteiger partial charge in [-0.1, -0.05) is 29.8 Å². The van der Waals surface area contributed by atoms with Crippen LogP contribution in [0.1, 0.15) is 12.5 Å². The van der Waals surface area contributed by atoms with Gasteiger partial charge in [0.2, 0.25) is 0 Å². The molecule has 0 fully saturated rings. The maximum absolute atomic E-state index is 11.1. The van der Waals surface area contributed by atoms with Crippen molar-refractivity contribution in [3.05, 3.63) is 53.1 Å². The van der Waals surface area contributed by atoms with E-state index >= 15 is 0 Å². The molecule has 1 N–H and O–H groups in total. The van der Waals surface area contributed by atoms with Crippen molar-refractivity contribution in [1.82, 2.24) is 4.90 Å². The van der Waals surface area contributed by atoms with E-state index < -0.39 is 12.0 Å². The molecule has 0 aliphatic rings. The van der Waals surface area contributed by atoms with E-state index in [9.17, 15) is 4.79 Å². The molecule has 7 heteroatoms. The maximum Gasteiger partial charge on any atom is 0.320 e. The Morgan fingerprint density at radius 2 is 1.78 bits per heavy atom. The summed E-state index contributed by atoms with van der Waals surface area (Å²) in [6.45, 7) is 2.81. The molecule has 0 radical (unpaired) electrons. The zero-order chi connectivity index (χ0) is 19.8. The minimum absolute atomic E-state index is 0.330. The van der Waals surface area contributed by atoms with Gasteiger partial charge in [-0.05, 0) is 43.8 Å². The van der Waals surface area contributed by atoms with Gasteiger partial charge in [-0.25, -0.2) is 0 Å². The molecule has 2 aromatic rings. The van der Waals surface area contributed by atoms with Crippen LogP contribution < -0.4 is 14.2 Å². The number of hydrogen-bond donors (Lipinski definition) is 1. The second-order valence-corrected chi connectivity index (χ2v) is 6.45. The van der Waals surface area contributed by atoms with Crippen LogP contribution in [0.5, 0.6) is 17.2 Å². The van der Waals surface area contributed by atoms with Gasteiger partial charge in [-0.3, -0.25) is 9.69 Å². The van der Waals surface area contributed by atoms with Crippen molar-refractivity contribution in [2.75, 3.05) is 27.4 Å². The van der Waals surface area contributed by atoms with E-state index in [0.717, 1.165) is 5.56 Å². The number of ether oxygens (including phenoxy) is 3. The van der Waals surface area contributed by atoms with Crippen molar-refractivity contribution < 1.29 is 24.1 Å². The number of carboxylic acids is 1. The molecule has 0 saturated carbocycles. The number of halogens is 1. The van der Waals surface area contributed by atoms with Gasteiger partial charge in [0, 0.05) is 6.54 Å². The third kappa shape index (κ3) is 6.05. The highest BCUT2D eigenvalue weighted by Crippen LogP contribution is 2.29. The van der Waals surface area contributed by atoms with E-state index in [4.69, 9.17) is 30.9 Å². The molecule has 0 saturated heterocycles. The van der Waals surface area contributed by atoms with Gasteiger partial charge in [0.15, 0.2) is 11.5 Å². The van der Waals surface area contributed by atoms with E-state index in [-0.39, 0.29) is 0 Å². The van der Waals surface area contributed by atoms with Crippen LogP contribution in [0.25, 0.3) is 0 Å². The lowest BCUT2D eigenvalue weighted by Crippen LogP contribution is -2.35. The molecule has 146 valence electrons. The SMILES string of the molecule is COc1cc(CN(C)C(C)C(=O)O)ccc1OCCOc1ccccc1Cl. The molecule has 0 aliphatic heterocycles. The average Bonchev–Trinajstić information content (AvgIpc) is 2.66. The molecule has 2 rings (SSSR count). The van der Waals surface area contributed by atoms with Crippen LogP contribution in [0.4, 0.5) is 0 Å². The quantitative estimate of drug-likeness (QED) is 0.620. The number of aliphatic carboxylic acids is 1. The Bertz CT molecular complexity index is 768. The highest BCUT2D eigenvalue weighted by molar-refractivity contribution is 6.32. The molecular weight excluding hydrogens is 370 g/mol. The Kier molecular flexibility index (Phi) is 7.76. The Labute approximate surface area is 164 Å². The van der Waals surface area contributed by atoms with E-state index in [1.165, 1.54) is 0 Å². The summed E-state index contributed by atoms with van der Waals surface area (Å²) < 4.78 is 16.7. The number of benzene rings is 2. The number of para-hydroxylation sites is 1. The van der Waals surface area contributed by atoms with Crippen molar-refractivity contribution in [3.8, 4) is 17.2 Å². The Hall–Kier alpha value is -2.44. The highest BCUT2D eigenvalue weighted by Gasteiger charge is 2.17. The van der Waals surface area contributed by atoms with Crippen molar-refractivity contribution in [3.63, 3.8) is 0 Å². The highest BCUT2D eigenvalue weighted by atomic mass is 35.5. The largest absolute Gasteiger partial charge is 0.493 e. The van der Waals surface area contributed by atoms with Crippen LogP contribution in [0, 0.1) is 0 Å². The first-order chi connectivity index (χ1) is 12.9. The molecule has 0 amide bonds. The maximum atomic E-state index is 11.1. The summed E-state index contributed by atoms with van der Waals surface area (Å²) in [7, 11) is 3.33. The van der Waals surface area contributed by atoms with E-state index in [2.05, 4.69) is 0 Å². The van der Waals surface area contributed by atoms with Crippen LogP contribution in [0.3, 0.4) is 0 Å². The molecule has 27 heavy (non-hydrogen) atoms. The first-order valence-corrected chi connectivity index (χ1v) is 8.90. The Morgan fingerprint density at radius 1 is 1.11 bits per heavy atom. The molecule has 0 aliphatic carbocycles. The van der Waals surface area contributed by atoms with E-state index in [1.807, 2.05) is 30.3 Å². The predicted molar refractivity (Wildman–Crippen MR) is 104 cm³/mol. The summed E-state index contributed by atoms with van der Waals surface area (Å²) in [6, 6.07) is 12.2. The third-order valence-electron chi connectivity index (χ3n) is 4.11. The lowest BCUT2D eigenvalue weighted by Gasteiger charge is -2.21. The second-order valence-electron chi connectivity index (χ2n) is 6.04. The summed E-state index contributed by atoms with van der Waals surface area (Å²) in [4.78, 5) is 12.8. The number of methoxy groups -OCH3 is 1. The van der Waals surface area contributed by atoms with E-state index in [0.29, 0.717) is 42.0 Å². The lowest BCUT2D eigenvalue weighted by atomic mass is 10.1. The van der Waals surface area contributed by atoms with Gasteiger partial charge in [-0.2, -0.15) is 0 Å². The van der Waals surface area contributed by atoms with Crippen molar-refractivity contribution in [2.24, 2.45) is 0 Å². The van der Waals surface area contributed by atoms with Crippen LogP contribution in [-0.2, 0) is 11.3 Å². The molecule has 2 aromatic carbocycles. The molecule has 0 spiro atoms. The number of rotatable bonds is 10. The molecule has 0 bridgehead atoms. The number of likely N-dealkylation sites (N-methyl/N-ethyl adjacent to an activating group) is 1. The number of nitrogens with zero attached hydrogens (tertiary/aromatic N) is 1. The monoisotopic (exact) mass is 393 g/mol. The molecule has 0 aromatic heterocycles. The smallest absolute Gasteiger partial charge is 0.320 e. The average molecular weight is 394 g/mol. The summed E-state index contributed by atoms with van der Waals surface area (Å²) in [5, 5.41) is 9.64. The fourth-order valence-corrected chi connectivity index (χ4v) is 2.60. The van der Waals surface area contributed by atoms with Crippen LogP contribution >= 0.6 is 11.6 Å². The van der Waals surface area contributed by atoms with Crippen molar-refractivity contribution in [1.29, 1.82) is 0 Å². The van der Waals surface area contributed by atoms with Crippen molar-refractivity contribution >= 4 is 17.6 Å². The van der Waals surface area contributed by atoms with Gasteiger partial charge in [-0.15, -0.1) is 0 Å². The molecular formula is C20H24ClNO5. The molecule has 1 atom stereocenters. The van der Waals surface area contributed by atoms with Gasteiger partial charge in [0.25, 0.3) is 0 Å². The Morgan fingerprint density at radius 3 is 2.41 bits per heavy atom. The number of hydrogen-bond acceptors (Lipinski definition) is 5. The second kappa shape index (κ2) is 10.0. The molecule has 1 unspecified atom stereocenters. The molecule has 0 heterocycles. The summed E-state index contributed by atoms with van der Waals surface area (Å²) in [6.07, 6.45) is 0. The van der Waals surface area contributed by atoms with Crippen LogP contribution in [0.2, 0.25) is 5.02 Å². The minimum Gasteiger partial charge on any atom is -0.493 e. The van der Waals surface area contributed by atoms with Gasteiger partial charge < -0.3 is 19.3 Å². The zero-order valence-electron chi connectivity index (χ0n) is 15.6. The summed E-state index contributed by atoms with van der Waals surface area (Å²) in [5.74, 6) is 0.933. The first-order valence-electron chi connectivity index (χ1n) is 8.52. The predicted octanol–water partition coefficient (Wildman–Crippen LogP) is 3.71. The first kappa shape index (κ1) is 20.9. The third-order valence-corrected chi connectivity index (χ3v) is 4.43. The number of carbonyl (C=O) groups is 1. The Balaban J connectivity index is 1.91. The topological polar surface area (TPSA) is 68.2 Å². The summed E-state index contributed by atoms with van der Waals surface area (Å²) >= 11 is 6.04. The zero-order valence-corrected chi connectivity index (χ0v) is 16.4. The van der Waals surface area contributed by atoms with Gasteiger partial charge in [0.1, 0.15) is 25.0 Å². The standard InChI is InChI=1S/C20H24ClNO5/c1-14(20(23)24)22(2)13-15-8-9-18(19(12-15)25-3)27-11-10-26-17-7-5-4-6-16(17)21/h4-9,12,14H,10-11,13H2,1-3H3,(H,23,24). The van der Waals surface area contributed by atoms with Crippen LogP contribution in [0.15, 0.2) is 42.5 Å². The van der Waals surface area contributed by atoms with Gasteiger partial charge in [0.05, 0.1) is 12.1 Å². The fourth-order valence-electron chi connectivity index (χ4n) is 2.41. The van der Waals surface area contributed by atoms with Crippen molar-refractivity contribution in [2.45, 2.75) is 19.5 Å². The fraction of sp³-hybridized carbons (Fsp3) is 0.350. The minimum atomic E-state index is -0.858. The van der Waals surface area contributed by atoms with Gasteiger partial charge >= 0.3 is 5.97 Å². The lowest BCUT2D eigenvalue weighted by molar-refractivity contribution is -0.142. The normalized spacial score (nSPS) is 11.9. The summed E-state index contributed by atoms with van der Waals surface area (Å²) in [5.41, 5.74) is 0.933.